The highest BCUT2D eigenvalue weighted by atomic mass is 16.7. The van der Waals surface area contributed by atoms with Gasteiger partial charge in [-0.1, -0.05) is 6.07 Å². The van der Waals surface area contributed by atoms with Crippen LogP contribution >= 0.6 is 0 Å². The van der Waals surface area contributed by atoms with Crippen LogP contribution in [0.5, 0.6) is 11.5 Å². The van der Waals surface area contributed by atoms with E-state index in [1.807, 2.05) is 24.5 Å². The predicted molar refractivity (Wildman–Crippen MR) is 61.8 cm³/mol. The van der Waals surface area contributed by atoms with Crippen LogP contribution in [0.2, 0.25) is 0 Å². The van der Waals surface area contributed by atoms with E-state index in [0.29, 0.717) is 6.42 Å². The maximum atomic E-state index is 10.4. The third-order valence-corrected chi connectivity index (χ3v) is 2.96. The number of ether oxygens (including phenoxy) is 2. The van der Waals surface area contributed by atoms with Crippen molar-refractivity contribution >= 4 is 6.29 Å². The molecule has 1 aliphatic heterocycles. The van der Waals surface area contributed by atoms with Crippen LogP contribution in [0.1, 0.15) is 18.9 Å². The van der Waals surface area contributed by atoms with Crippen LogP contribution in [0.15, 0.2) is 18.2 Å². The Morgan fingerprint density at radius 2 is 2.18 bits per heavy atom. The molecule has 0 spiro atoms. The Labute approximate surface area is 100 Å². The molecule has 0 aromatic heterocycles. The largest absolute Gasteiger partial charge is 0.454 e. The van der Waals surface area contributed by atoms with Crippen molar-refractivity contribution in [2.75, 3.05) is 6.79 Å². The molecule has 4 nitrogen and oxygen atoms in total. The summed E-state index contributed by atoms with van der Waals surface area (Å²) in [4.78, 5) is 10.4. The smallest absolute Gasteiger partial charge is 0.231 e. The van der Waals surface area contributed by atoms with Crippen molar-refractivity contribution in [1.82, 2.24) is 0 Å². The SMILES string of the molecule is C[C@@H](O)C(C[C]=O)Cc1ccc2c(c1)OCO2. The van der Waals surface area contributed by atoms with Gasteiger partial charge in [-0.05, 0) is 37.0 Å². The first-order valence-corrected chi connectivity index (χ1v) is 5.62. The van der Waals surface area contributed by atoms with Gasteiger partial charge in [0.2, 0.25) is 6.79 Å². The van der Waals surface area contributed by atoms with Crippen LogP contribution in [0.3, 0.4) is 0 Å². The Bertz CT molecular complexity index is 400. The van der Waals surface area contributed by atoms with Gasteiger partial charge in [0, 0.05) is 6.42 Å². The zero-order valence-electron chi connectivity index (χ0n) is 9.68. The fourth-order valence-corrected chi connectivity index (χ4v) is 1.89. The van der Waals surface area contributed by atoms with Gasteiger partial charge in [-0.25, -0.2) is 0 Å². The van der Waals surface area contributed by atoms with E-state index in [4.69, 9.17) is 9.47 Å². The summed E-state index contributed by atoms with van der Waals surface area (Å²) in [5, 5.41) is 9.56. The maximum Gasteiger partial charge on any atom is 0.231 e. The van der Waals surface area contributed by atoms with Gasteiger partial charge in [0.05, 0.1) is 6.10 Å². The molecule has 0 aliphatic carbocycles. The second-order valence-electron chi connectivity index (χ2n) is 4.24. The minimum absolute atomic E-state index is 0.104. The molecular formula is C13H15O4. The molecule has 17 heavy (non-hydrogen) atoms. The van der Waals surface area contributed by atoms with E-state index >= 15 is 0 Å². The third-order valence-electron chi connectivity index (χ3n) is 2.96. The second-order valence-corrected chi connectivity index (χ2v) is 4.24. The van der Waals surface area contributed by atoms with Crippen LogP contribution in [-0.4, -0.2) is 24.3 Å². The second kappa shape index (κ2) is 5.19. The van der Waals surface area contributed by atoms with Crippen molar-refractivity contribution < 1.29 is 19.4 Å². The molecule has 1 aromatic carbocycles. The van der Waals surface area contributed by atoms with Crippen molar-refractivity contribution in [2.45, 2.75) is 25.9 Å². The lowest BCUT2D eigenvalue weighted by Gasteiger charge is -2.17. The first kappa shape index (κ1) is 11.9. The molecule has 1 radical (unpaired) electrons. The zero-order chi connectivity index (χ0) is 12.3. The minimum Gasteiger partial charge on any atom is -0.454 e. The molecule has 2 atom stereocenters. The van der Waals surface area contributed by atoms with E-state index < -0.39 is 6.10 Å². The molecule has 2 rings (SSSR count). The number of hydrogen-bond acceptors (Lipinski definition) is 4. The molecule has 1 unspecified atom stereocenters. The molecule has 0 saturated heterocycles. The molecule has 0 fully saturated rings. The maximum absolute atomic E-state index is 10.4. The van der Waals surface area contributed by atoms with Gasteiger partial charge < -0.3 is 14.6 Å². The zero-order valence-corrected chi connectivity index (χ0v) is 9.68. The number of aliphatic hydroxyl groups is 1. The molecular weight excluding hydrogens is 220 g/mol. The lowest BCUT2D eigenvalue weighted by molar-refractivity contribution is 0.128. The van der Waals surface area contributed by atoms with E-state index in [1.54, 1.807) is 6.92 Å². The molecule has 1 aromatic rings. The van der Waals surface area contributed by atoms with Crippen LogP contribution < -0.4 is 9.47 Å². The molecule has 0 bridgehead atoms. The summed E-state index contributed by atoms with van der Waals surface area (Å²) < 4.78 is 10.5. The lowest BCUT2D eigenvalue weighted by Crippen LogP contribution is -2.19. The topological polar surface area (TPSA) is 55.8 Å². The van der Waals surface area contributed by atoms with Crippen molar-refractivity contribution in [2.24, 2.45) is 5.92 Å². The summed E-state index contributed by atoms with van der Waals surface area (Å²) in [6.45, 7) is 1.94. The summed E-state index contributed by atoms with van der Waals surface area (Å²) in [6, 6.07) is 5.66. The standard InChI is InChI=1S/C13H15O4/c1-9(15)11(4-5-14)6-10-2-3-12-13(7-10)17-8-16-12/h2-3,7,9,11,15H,4,6,8H2,1H3/t9-,11?/m1/s1. The predicted octanol–water partition coefficient (Wildman–Crippen LogP) is 1.45. The summed E-state index contributed by atoms with van der Waals surface area (Å²) in [5.41, 5.74) is 1.02. The molecule has 1 aliphatic rings. The van der Waals surface area contributed by atoms with Crippen LogP contribution in [0.25, 0.3) is 0 Å². The number of carbonyl (C=O) groups excluding carboxylic acids is 1. The summed E-state index contributed by atoms with van der Waals surface area (Å²) in [7, 11) is 0. The first-order valence-electron chi connectivity index (χ1n) is 5.62. The molecule has 4 heteroatoms. The average molecular weight is 235 g/mol. The lowest BCUT2D eigenvalue weighted by atomic mass is 9.92. The van der Waals surface area contributed by atoms with Crippen LogP contribution in [0, 0.1) is 5.92 Å². The van der Waals surface area contributed by atoms with E-state index in [0.717, 1.165) is 17.1 Å². The monoisotopic (exact) mass is 235 g/mol. The molecule has 0 saturated carbocycles. The highest BCUT2D eigenvalue weighted by Crippen LogP contribution is 2.33. The van der Waals surface area contributed by atoms with Gasteiger partial charge in [0.25, 0.3) is 0 Å². The number of rotatable bonds is 5. The van der Waals surface area contributed by atoms with E-state index in [1.165, 1.54) is 0 Å². The van der Waals surface area contributed by atoms with Crippen molar-refractivity contribution in [3.63, 3.8) is 0 Å². The Hall–Kier alpha value is -1.55. The summed E-state index contributed by atoms with van der Waals surface area (Å²) in [6.07, 6.45) is 2.20. The average Bonchev–Trinajstić information content (AvgIpc) is 2.75. The number of hydrogen-bond donors (Lipinski definition) is 1. The van der Waals surface area contributed by atoms with Gasteiger partial charge in [-0.2, -0.15) is 0 Å². The normalized spacial score (nSPS) is 16.6. The van der Waals surface area contributed by atoms with Crippen molar-refractivity contribution in [1.29, 1.82) is 0 Å². The molecule has 91 valence electrons. The highest BCUT2D eigenvalue weighted by Gasteiger charge is 2.18. The number of benzene rings is 1. The number of fused-ring (bicyclic) bond motifs is 1. The Morgan fingerprint density at radius 3 is 2.88 bits per heavy atom. The molecule has 0 amide bonds. The first-order chi connectivity index (χ1) is 8.20. The van der Waals surface area contributed by atoms with Crippen LogP contribution in [0.4, 0.5) is 0 Å². The van der Waals surface area contributed by atoms with Gasteiger partial charge >= 0.3 is 0 Å². The Kier molecular flexibility index (Phi) is 3.64. The van der Waals surface area contributed by atoms with Crippen molar-refractivity contribution in [3.8, 4) is 11.5 Å². The van der Waals surface area contributed by atoms with Crippen molar-refractivity contribution in [3.05, 3.63) is 23.8 Å². The fraction of sp³-hybridized carbons (Fsp3) is 0.462. The highest BCUT2D eigenvalue weighted by molar-refractivity contribution is 5.51. The van der Waals surface area contributed by atoms with E-state index in [2.05, 4.69) is 0 Å². The Morgan fingerprint density at radius 1 is 1.41 bits per heavy atom. The van der Waals surface area contributed by atoms with E-state index in [9.17, 15) is 9.90 Å². The van der Waals surface area contributed by atoms with E-state index in [-0.39, 0.29) is 19.1 Å². The summed E-state index contributed by atoms with van der Waals surface area (Å²) >= 11 is 0. The molecule has 1 N–H and O–H groups in total. The minimum atomic E-state index is -0.526. The third kappa shape index (κ3) is 2.77. The van der Waals surface area contributed by atoms with Gasteiger partial charge in [-0.3, -0.25) is 4.79 Å². The van der Waals surface area contributed by atoms with Gasteiger partial charge in [-0.15, -0.1) is 0 Å². The van der Waals surface area contributed by atoms with Gasteiger partial charge in [0.1, 0.15) is 0 Å². The summed E-state index contributed by atoms with van der Waals surface area (Å²) in [5.74, 6) is 1.36. The fourth-order valence-electron chi connectivity index (χ4n) is 1.89. The quantitative estimate of drug-likeness (QED) is 0.839. The van der Waals surface area contributed by atoms with Gasteiger partial charge in [0.15, 0.2) is 17.8 Å². The van der Waals surface area contributed by atoms with Crippen LogP contribution in [-0.2, 0) is 11.2 Å². The Balaban J connectivity index is 2.09. The molecule has 1 heterocycles. The number of aliphatic hydroxyl groups excluding tert-OH is 1.